The molecule has 2 aliphatic heterocycles. The third-order valence-electron chi connectivity index (χ3n) is 4.80. The smallest absolute Gasteiger partial charge is 0.411 e. The molecule has 0 radical (unpaired) electrons. The molecular weight excluding hydrogens is 334 g/mol. The van der Waals surface area contributed by atoms with Gasteiger partial charge in [-0.1, -0.05) is 30.3 Å². The lowest BCUT2D eigenvalue weighted by Gasteiger charge is -2.48. The van der Waals surface area contributed by atoms with Gasteiger partial charge in [0.05, 0.1) is 6.04 Å². The topological polar surface area (TPSA) is 72.9 Å². The van der Waals surface area contributed by atoms with Crippen molar-refractivity contribution in [1.82, 2.24) is 4.90 Å². The van der Waals surface area contributed by atoms with Crippen LogP contribution in [0.3, 0.4) is 0 Å². The molecule has 3 fully saturated rings. The largest absolute Gasteiger partial charge is 0.459 e. The first-order chi connectivity index (χ1) is 12.3. The highest BCUT2D eigenvalue weighted by Crippen LogP contribution is 2.39. The van der Waals surface area contributed by atoms with Crippen LogP contribution in [0.4, 0.5) is 4.79 Å². The highest BCUT2D eigenvalue weighted by Gasteiger charge is 2.53. The van der Waals surface area contributed by atoms with Gasteiger partial charge in [-0.2, -0.15) is 0 Å². The van der Waals surface area contributed by atoms with E-state index in [0.29, 0.717) is 12.8 Å². The van der Waals surface area contributed by atoms with Gasteiger partial charge in [-0.3, -0.25) is 9.69 Å². The molecule has 0 unspecified atom stereocenters. The predicted octanol–water partition coefficient (Wildman–Crippen LogP) is 3.09. The Bertz CT molecular complexity index is 694. The molecule has 0 spiro atoms. The maximum atomic E-state index is 12.8. The molecule has 26 heavy (non-hydrogen) atoms. The number of carbonyl (C=O) groups is 3. The lowest BCUT2D eigenvalue weighted by Crippen LogP contribution is -2.64. The number of ketones is 1. The van der Waals surface area contributed by atoms with Crippen LogP contribution in [0.25, 0.3) is 0 Å². The van der Waals surface area contributed by atoms with Crippen molar-refractivity contribution in [3.05, 3.63) is 35.9 Å². The summed E-state index contributed by atoms with van der Waals surface area (Å²) in [4.78, 5) is 39.0. The molecule has 1 aromatic rings. The summed E-state index contributed by atoms with van der Waals surface area (Å²) >= 11 is 0. The minimum absolute atomic E-state index is 0.000724. The van der Waals surface area contributed by atoms with Gasteiger partial charge in [0.25, 0.3) is 0 Å². The molecule has 0 aromatic heterocycles. The van der Waals surface area contributed by atoms with Crippen molar-refractivity contribution < 1.29 is 23.9 Å². The summed E-state index contributed by atoms with van der Waals surface area (Å²) in [5, 5.41) is 0. The fraction of sp³-hybridized carbons (Fsp3) is 0.550. The fourth-order valence-corrected chi connectivity index (χ4v) is 3.69. The maximum absolute atomic E-state index is 12.8. The first kappa shape index (κ1) is 18.4. The minimum atomic E-state index is -0.759. The van der Waals surface area contributed by atoms with Gasteiger partial charge in [0.2, 0.25) is 0 Å². The Labute approximate surface area is 153 Å². The third kappa shape index (κ3) is 3.89. The second kappa shape index (κ2) is 7.09. The van der Waals surface area contributed by atoms with Crippen molar-refractivity contribution in [3.63, 3.8) is 0 Å². The molecule has 2 heterocycles. The van der Waals surface area contributed by atoms with Gasteiger partial charge in [0.1, 0.15) is 18.2 Å². The van der Waals surface area contributed by atoms with Gasteiger partial charge in [0.15, 0.2) is 5.78 Å². The Morgan fingerprint density at radius 3 is 2.46 bits per heavy atom. The van der Waals surface area contributed by atoms with E-state index in [-0.39, 0.29) is 18.3 Å². The normalized spacial score (nSPS) is 25.1. The van der Waals surface area contributed by atoms with E-state index in [0.717, 1.165) is 12.0 Å². The molecule has 2 bridgehead atoms. The van der Waals surface area contributed by atoms with Crippen molar-refractivity contribution in [2.45, 2.75) is 64.3 Å². The van der Waals surface area contributed by atoms with Gasteiger partial charge in [-0.15, -0.1) is 0 Å². The zero-order valence-corrected chi connectivity index (χ0v) is 15.4. The molecule has 1 saturated carbocycles. The van der Waals surface area contributed by atoms with Gasteiger partial charge in [-0.25, -0.2) is 9.59 Å². The molecule has 4 rings (SSSR count). The number of benzene rings is 1. The summed E-state index contributed by atoms with van der Waals surface area (Å²) in [6, 6.07) is 8.02. The lowest BCUT2D eigenvalue weighted by atomic mass is 9.74. The van der Waals surface area contributed by atoms with Crippen molar-refractivity contribution in [2.75, 3.05) is 0 Å². The van der Waals surface area contributed by atoms with Crippen molar-refractivity contribution in [3.8, 4) is 0 Å². The van der Waals surface area contributed by atoms with Crippen LogP contribution >= 0.6 is 0 Å². The molecule has 1 aromatic carbocycles. The SMILES string of the molecule is CC(C)(C)OC(=O)N1[C@H](C(=O)OCc2ccccc2)[C@@H]2CC[C@H]1C(=O)C2. The number of piperidine rings is 2. The molecule has 3 aliphatic rings. The Balaban J connectivity index is 1.76. The van der Waals surface area contributed by atoms with Gasteiger partial charge in [-0.05, 0) is 45.1 Å². The number of ether oxygens (including phenoxy) is 2. The number of hydrogen-bond acceptors (Lipinski definition) is 5. The Hall–Kier alpha value is -2.37. The predicted molar refractivity (Wildman–Crippen MR) is 94.2 cm³/mol. The molecule has 2 saturated heterocycles. The average Bonchev–Trinajstić information content (AvgIpc) is 2.58. The Kier molecular flexibility index (Phi) is 5.03. The van der Waals surface area contributed by atoms with Crippen molar-refractivity contribution in [2.24, 2.45) is 5.92 Å². The van der Waals surface area contributed by atoms with Crippen LogP contribution in [0.5, 0.6) is 0 Å². The van der Waals surface area contributed by atoms with E-state index >= 15 is 0 Å². The number of rotatable bonds is 3. The number of hydrogen-bond donors (Lipinski definition) is 0. The minimum Gasteiger partial charge on any atom is -0.459 e. The fourth-order valence-electron chi connectivity index (χ4n) is 3.69. The maximum Gasteiger partial charge on any atom is 0.411 e. The van der Waals surface area contributed by atoms with Crippen LogP contribution in [-0.2, 0) is 25.7 Å². The molecule has 3 atom stereocenters. The number of Topliss-reactive ketones (excluding diaryl/α,β-unsaturated/α-hetero) is 1. The number of carbonyl (C=O) groups excluding carboxylic acids is 3. The number of fused-ring (bicyclic) bond motifs is 3. The number of esters is 1. The summed E-state index contributed by atoms with van der Waals surface area (Å²) in [6.45, 7) is 5.43. The van der Waals surface area contributed by atoms with E-state index in [1.807, 2.05) is 30.3 Å². The quantitative estimate of drug-likeness (QED) is 0.776. The standard InChI is InChI=1S/C20H25NO5/c1-20(2,3)26-19(24)21-15-10-9-14(11-16(15)22)17(21)18(23)25-12-13-7-5-4-6-8-13/h4-8,14-15,17H,9-12H2,1-3H3/t14-,15+,17+/m1/s1. The summed E-state index contributed by atoms with van der Waals surface area (Å²) in [5.74, 6) is -0.676. The molecular formula is C20H25NO5. The number of amides is 1. The van der Waals surface area contributed by atoms with E-state index < -0.39 is 29.7 Å². The third-order valence-corrected chi connectivity index (χ3v) is 4.80. The summed E-state index contributed by atoms with van der Waals surface area (Å²) in [6.07, 6.45) is 1.00. The van der Waals surface area contributed by atoms with Crippen LogP contribution in [0.1, 0.15) is 45.6 Å². The zero-order valence-electron chi connectivity index (χ0n) is 15.4. The Morgan fingerprint density at radius 2 is 1.85 bits per heavy atom. The van der Waals surface area contributed by atoms with Crippen LogP contribution in [0.2, 0.25) is 0 Å². The molecule has 1 amide bonds. The highest BCUT2D eigenvalue weighted by atomic mass is 16.6. The van der Waals surface area contributed by atoms with Gasteiger partial charge < -0.3 is 9.47 Å². The van der Waals surface area contributed by atoms with Crippen molar-refractivity contribution >= 4 is 17.8 Å². The molecule has 140 valence electrons. The summed E-state index contributed by atoms with van der Waals surface area (Å²) < 4.78 is 10.9. The zero-order chi connectivity index (χ0) is 18.9. The van der Waals surface area contributed by atoms with E-state index in [2.05, 4.69) is 0 Å². The second-order valence-corrected chi connectivity index (χ2v) is 7.95. The molecule has 1 aliphatic carbocycles. The molecule has 0 N–H and O–H groups in total. The monoisotopic (exact) mass is 359 g/mol. The van der Waals surface area contributed by atoms with E-state index in [1.165, 1.54) is 4.90 Å². The van der Waals surface area contributed by atoms with E-state index in [1.54, 1.807) is 20.8 Å². The van der Waals surface area contributed by atoms with Crippen LogP contribution < -0.4 is 0 Å². The van der Waals surface area contributed by atoms with Crippen molar-refractivity contribution in [1.29, 1.82) is 0 Å². The first-order valence-corrected chi connectivity index (χ1v) is 9.01. The Morgan fingerprint density at radius 1 is 1.15 bits per heavy atom. The average molecular weight is 359 g/mol. The molecule has 6 heteroatoms. The van der Waals surface area contributed by atoms with Gasteiger partial charge in [0, 0.05) is 6.42 Å². The summed E-state index contributed by atoms with van der Waals surface area (Å²) in [5.41, 5.74) is 0.177. The summed E-state index contributed by atoms with van der Waals surface area (Å²) in [7, 11) is 0. The van der Waals surface area contributed by atoms with Gasteiger partial charge >= 0.3 is 12.1 Å². The number of nitrogens with zero attached hydrogens (tertiary/aromatic N) is 1. The second-order valence-electron chi connectivity index (χ2n) is 7.95. The van der Waals surface area contributed by atoms with E-state index in [4.69, 9.17) is 9.47 Å². The van der Waals surface area contributed by atoms with Crippen LogP contribution in [0, 0.1) is 5.92 Å². The van der Waals surface area contributed by atoms with Crippen LogP contribution in [-0.4, -0.2) is 40.4 Å². The van der Waals surface area contributed by atoms with E-state index in [9.17, 15) is 14.4 Å². The first-order valence-electron chi connectivity index (χ1n) is 9.01. The lowest BCUT2D eigenvalue weighted by molar-refractivity contribution is -0.163. The van der Waals surface area contributed by atoms with Crippen LogP contribution in [0.15, 0.2) is 30.3 Å². The molecule has 6 nitrogen and oxygen atoms in total. The highest BCUT2D eigenvalue weighted by molar-refractivity contribution is 5.94.